The average molecular weight is 193 g/mol. The quantitative estimate of drug-likeness (QED) is 0.776. The highest BCUT2D eigenvalue weighted by atomic mass is 16.4. The number of hydrogen-bond donors (Lipinski definition) is 1. The Balaban J connectivity index is 2.15. The fourth-order valence-electron chi connectivity index (χ4n) is 1.53. The third-order valence-corrected chi connectivity index (χ3v) is 2.65. The summed E-state index contributed by atoms with van der Waals surface area (Å²) in [6.07, 6.45) is 5.86. The van der Waals surface area contributed by atoms with Crippen molar-refractivity contribution in [1.29, 1.82) is 0 Å². The van der Waals surface area contributed by atoms with E-state index in [1.165, 1.54) is 23.0 Å². The molecule has 0 bridgehead atoms. The van der Waals surface area contributed by atoms with Gasteiger partial charge in [0.25, 0.3) is 0 Å². The topological polar surface area (TPSA) is 59.3 Å². The fourth-order valence-corrected chi connectivity index (χ4v) is 1.53. The van der Waals surface area contributed by atoms with Gasteiger partial charge in [0.15, 0.2) is 0 Å². The number of aromatic carboxylic acids is 1. The molecule has 0 unspecified atom stereocenters. The lowest BCUT2D eigenvalue weighted by Crippen LogP contribution is -2.26. The number of carbonyl (C=O) groups is 2. The molecule has 0 aromatic carbocycles. The van der Waals surface area contributed by atoms with Crippen molar-refractivity contribution in [1.82, 2.24) is 4.57 Å². The van der Waals surface area contributed by atoms with Gasteiger partial charge in [0.2, 0.25) is 5.91 Å². The molecule has 1 aromatic rings. The van der Waals surface area contributed by atoms with Crippen LogP contribution in [0.4, 0.5) is 0 Å². The zero-order valence-corrected chi connectivity index (χ0v) is 7.64. The van der Waals surface area contributed by atoms with Crippen molar-refractivity contribution in [2.24, 2.45) is 5.92 Å². The largest absolute Gasteiger partial charge is 0.478 e. The molecule has 74 valence electrons. The van der Waals surface area contributed by atoms with E-state index in [1.54, 1.807) is 0 Å². The smallest absolute Gasteiger partial charge is 0.337 e. The number of rotatable bonds is 2. The maximum absolute atomic E-state index is 11.6. The van der Waals surface area contributed by atoms with E-state index in [4.69, 9.17) is 5.11 Å². The molecule has 1 aliphatic carbocycles. The van der Waals surface area contributed by atoms with Gasteiger partial charge in [-0.2, -0.15) is 0 Å². The predicted molar refractivity (Wildman–Crippen MR) is 49.4 cm³/mol. The molecule has 2 rings (SSSR count). The summed E-state index contributed by atoms with van der Waals surface area (Å²) in [5.74, 6) is -0.877. The van der Waals surface area contributed by atoms with E-state index in [-0.39, 0.29) is 17.4 Å². The molecular formula is C10H11NO3. The zero-order chi connectivity index (χ0) is 10.1. The molecule has 0 atom stereocenters. The normalized spacial score (nSPS) is 16.3. The van der Waals surface area contributed by atoms with Crippen LogP contribution in [0, 0.1) is 5.92 Å². The molecule has 4 nitrogen and oxygen atoms in total. The standard InChI is InChI=1S/C10H11NO3/c12-9(7-2-1-3-7)11-5-4-8(6-11)10(13)14/h4-7H,1-3H2,(H,13,14). The number of aromatic nitrogens is 1. The van der Waals surface area contributed by atoms with Crippen LogP contribution in [0.3, 0.4) is 0 Å². The number of carbonyl (C=O) groups excluding carboxylic acids is 1. The third kappa shape index (κ3) is 1.43. The predicted octanol–water partition coefficient (Wildman–Crippen LogP) is 1.63. The van der Waals surface area contributed by atoms with E-state index < -0.39 is 5.97 Å². The molecule has 1 aliphatic rings. The molecule has 1 saturated carbocycles. The summed E-state index contributed by atoms with van der Waals surface area (Å²) in [7, 11) is 0. The van der Waals surface area contributed by atoms with Crippen molar-refractivity contribution in [3.05, 3.63) is 24.0 Å². The van der Waals surface area contributed by atoms with Gasteiger partial charge in [0, 0.05) is 18.3 Å². The monoisotopic (exact) mass is 193 g/mol. The van der Waals surface area contributed by atoms with Crippen LogP contribution in [0.2, 0.25) is 0 Å². The number of carboxylic acid groups (broad SMARTS) is 1. The minimum atomic E-state index is -0.995. The third-order valence-electron chi connectivity index (χ3n) is 2.65. The first-order chi connectivity index (χ1) is 6.68. The van der Waals surface area contributed by atoms with Crippen molar-refractivity contribution in [2.45, 2.75) is 19.3 Å². The van der Waals surface area contributed by atoms with Gasteiger partial charge in [-0.1, -0.05) is 6.42 Å². The van der Waals surface area contributed by atoms with Gasteiger partial charge in [0.1, 0.15) is 0 Å². The second-order valence-corrected chi connectivity index (χ2v) is 3.58. The molecular weight excluding hydrogens is 182 g/mol. The molecule has 1 aromatic heterocycles. The second-order valence-electron chi connectivity index (χ2n) is 3.58. The maximum Gasteiger partial charge on any atom is 0.337 e. The van der Waals surface area contributed by atoms with Crippen LogP contribution in [0.5, 0.6) is 0 Å². The first-order valence-electron chi connectivity index (χ1n) is 4.64. The Hall–Kier alpha value is -1.58. The highest BCUT2D eigenvalue weighted by Gasteiger charge is 2.26. The Morgan fingerprint density at radius 2 is 2.14 bits per heavy atom. The van der Waals surface area contributed by atoms with Crippen LogP contribution >= 0.6 is 0 Å². The highest BCUT2D eigenvalue weighted by Crippen LogP contribution is 2.27. The molecule has 0 radical (unpaired) electrons. The van der Waals surface area contributed by atoms with Gasteiger partial charge in [-0.15, -0.1) is 0 Å². The van der Waals surface area contributed by atoms with Crippen LogP contribution in [0.1, 0.15) is 34.4 Å². The lowest BCUT2D eigenvalue weighted by atomic mass is 9.85. The minimum Gasteiger partial charge on any atom is -0.478 e. The number of hydrogen-bond acceptors (Lipinski definition) is 2. The van der Waals surface area contributed by atoms with E-state index in [0.29, 0.717) is 0 Å². The SMILES string of the molecule is O=C(O)c1ccn(C(=O)C2CCC2)c1. The van der Waals surface area contributed by atoms with Crippen molar-refractivity contribution in [2.75, 3.05) is 0 Å². The summed E-state index contributed by atoms with van der Waals surface area (Å²) >= 11 is 0. The lowest BCUT2D eigenvalue weighted by Gasteiger charge is -2.23. The van der Waals surface area contributed by atoms with Gasteiger partial charge >= 0.3 is 5.97 Å². The highest BCUT2D eigenvalue weighted by molar-refractivity contribution is 5.90. The zero-order valence-electron chi connectivity index (χ0n) is 7.64. The van der Waals surface area contributed by atoms with Crippen molar-refractivity contribution in [3.63, 3.8) is 0 Å². The first-order valence-corrected chi connectivity index (χ1v) is 4.64. The Kier molecular flexibility index (Phi) is 2.11. The van der Waals surface area contributed by atoms with E-state index in [9.17, 15) is 9.59 Å². The van der Waals surface area contributed by atoms with E-state index in [1.807, 2.05) is 0 Å². The van der Waals surface area contributed by atoms with Gasteiger partial charge in [-0.05, 0) is 18.9 Å². The summed E-state index contributed by atoms with van der Waals surface area (Å²) in [6, 6.07) is 1.44. The Morgan fingerprint density at radius 1 is 1.43 bits per heavy atom. The van der Waals surface area contributed by atoms with Gasteiger partial charge in [0.05, 0.1) is 5.56 Å². The molecule has 14 heavy (non-hydrogen) atoms. The summed E-state index contributed by atoms with van der Waals surface area (Å²) in [5.41, 5.74) is 0.165. The molecule has 0 aliphatic heterocycles. The summed E-state index contributed by atoms with van der Waals surface area (Å²) < 4.78 is 1.38. The van der Waals surface area contributed by atoms with Crippen molar-refractivity contribution >= 4 is 11.9 Å². The van der Waals surface area contributed by atoms with Crippen LogP contribution in [0.15, 0.2) is 18.5 Å². The summed E-state index contributed by atoms with van der Waals surface area (Å²) in [6.45, 7) is 0. The van der Waals surface area contributed by atoms with Crippen LogP contribution < -0.4 is 0 Å². The molecule has 1 heterocycles. The molecule has 0 saturated heterocycles. The molecule has 0 spiro atoms. The molecule has 1 N–H and O–H groups in total. The van der Waals surface area contributed by atoms with Gasteiger partial charge in [-0.25, -0.2) is 4.79 Å². The summed E-state index contributed by atoms with van der Waals surface area (Å²) in [4.78, 5) is 22.2. The van der Waals surface area contributed by atoms with Gasteiger partial charge in [-0.3, -0.25) is 9.36 Å². The Bertz CT molecular complexity index is 376. The van der Waals surface area contributed by atoms with E-state index >= 15 is 0 Å². The number of carboxylic acids is 1. The van der Waals surface area contributed by atoms with Crippen LogP contribution in [-0.4, -0.2) is 21.6 Å². The van der Waals surface area contributed by atoms with Crippen LogP contribution in [0.25, 0.3) is 0 Å². The second kappa shape index (κ2) is 3.29. The number of nitrogens with zero attached hydrogens (tertiary/aromatic N) is 1. The fraction of sp³-hybridized carbons (Fsp3) is 0.400. The average Bonchev–Trinajstić information content (AvgIpc) is 2.48. The lowest BCUT2D eigenvalue weighted by molar-refractivity contribution is 0.0697. The minimum absolute atomic E-state index is 0.0174. The molecule has 0 amide bonds. The van der Waals surface area contributed by atoms with E-state index in [2.05, 4.69) is 0 Å². The van der Waals surface area contributed by atoms with Gasteiger partial charge < -0.3 is 5.11 Å². The van der Waals surface area contributed by atoms with Crippen LogP contribution in [-0.2, 0) is 0 Å². The summed E-state index contributed by atoms with van der Waals surface area (Å²) in [5, 5.41) is 8.67. The van der Waals surface area contributed by atoms with E-state index in [0.717, 1.165) is 19.3 Å². The molecule has 1 fully saturated rings. The maximum atomic E-state index is 11.6. The Labute approximate surface area is 81.2 Å². The Morgan fingerprint density at radius 3 is 2.57 bits per heavy atom. The molecule has 4 heteroatoms. The van der Waals surface area contributed by atoms with Crippen molar-refractivity contribution < 1.29 is 14.7 Å². The first kappa shape index (κ1) is 8.99. The van der Waals surface area contributed by atoms with Crippen molar-refractivity contribution in [3.8, 4) is 0 Å².